The fourth-order valence-corrected chi connectivity index (χ4v) is 2.08. The van der Waals surface area contributed by atoms with Crippen LogP contribution in [0.25, 0.3) is 0 Å². The predicted octanol–water partition coefficient (Wildman–Crippen LogP) is 1.03. The number of aromatic amines is 1. The van der Waals surface area contributed by atoms with Crippen molar-refractivity contribution in [1.82, 2.24) is 29.8 Å². The Morgan fingerprint density at radius 2 is 2.12 bits per heavy atom. The maximum absolute atomic E-state index is 12.0. The van der Waals surface area contributed by atoms with Crippen LogP contribution in [-0.2, 0) is 13.1 Å². The van der Waals surface area contributed by atoms with Gasteiger partial charge in [0, 0.05) is 24.5 Å². The Kier molecular flexibility index (Phi) is 4.05. The number of aryl methyl sites for hydroxylation is 1. The molecule has 0 unspecified atom stereocenters. The van der Waals surface area contributed by atoms with Crippen LogP contribution in [0.2, 0.25) is 0 Å². The van der Waals surface area contributed by atoms with Crippen LogP contribution in [0.15, 0.2) is 30.9 Å². The number of rotatable bonds is 6. The van der Waals surface area contributed by atoms with Crippen molar-refractivity contribution in [2.75, 3.05) is 5.32 Å². The van der Waals surface area contributed by atoms with Crippen LogP contribution < -0.4 is 5.32 Å². The molecule has 0 bridgehead atoms. The molecule has 0 aliphatic rings. The standard InChI is InChI=1S/C13H14N8O3/c1-2-19-6-9(4-14-19)7-20-8-10(5-15-20)16-13(22)11-3-12(18-17-11)21(23)24/h3-6,8H,2,7H2,1H3,(H,16,22)(H,17,18). The molecule has 0 saturated carbocycles. The minimum absolute atomic E-state index is 0.0707. The Bertz CT molecular complexity index is 877. The first-order chi connectivity index (χ1) is 11.5. The number of nitro groups is 1. The van der Waals surface area contributed by atoms with E-state index in [1.807, 2.05) is 17.8 Å². The lowest BCUT2D eigenvalue weighted by Crippen LogP contribution is -2.11. The molecule has 0 aliphatic carbocycles. The maximum Gasteiger partial charge on any atom is 0.343 e. The average Bonchev–Trinajstić information content (AvgIpc) is 3.27. The second-order valence-electron chi connectivity index (χ2n) is 4.98. The predicted molar refractivity (Wildman–Crippen MR) is 82.4 cm³/mol. The van der Waals surface area contributed by atoms with E-state index in [4.69, 9.17) is 0 Å². The van der Waals surface area contributed by atoms with Gasteiger partial charge in [0.15, 0.2) is 5.69 Å². The highest BCUT2D eigenvalue weighted by molar-refractivity contribution is 6.02. The number of carbonyl (C=O) groups is 1. The molecule has 2 N–H and O–H groups in total. The molecule has 3 aromatic heterocycles. The molecule has 0 aliphatic heterocycles. The third-order valence-electron chi connectivity index (χ3n) is 3.24. The second kappa shape index (κ2) is 6.32. The maximum atomic E-state index is 12.0. The molecule has 11 nitrogen and oxygen atoms in total. The molecule has 11 heteroatoms. The first-order valence-corrected chi connectivity index (χ1v) is 7.10. The quantitative estimate of drug-likeness (QED) is 0.511. The summed E-state index contributed by atoms with van der Waals surface area (Å²) in [7, 11) is 0. The average molecular weight is 330 g/mol. The summed E-state index contributed by atoms with van der Waals surface area (Å²) >= 11 is 0. The van der Waals surface area contributed by atoms with Crippen molar-refractivity contribution in [1.29, 1.82) is 0 Å². The number of carbonyl (C=O) groups excluding carboxylic acids is 1. The summed E-state index contributed by atoms with van der Waals surface area (Å²) < 4.78 is 3.46. The molecule has 124 valence electrons. The van der Waals surface area contributed by atoms with Gasteiger partial charge < -0.3 is 15.4 Å². The molecule has 0 atom stereocenters. The number of H-pyrrole nitrogens is 1. The molecule has 0 saturated heterocycles. The van der Waals surface area contributed by atoms with E-state index in [-0.39, 0.29) is 11.5 Å². The van der Waals surface area contributed by atoms with Crippen molar-refractivity contribution < 1.29 is 9.72 Å². The zero-order valence-electron chi connectivity index (χ0n) is 12.7. The lowest BCUT2D eigenvalue weighted by atomic mass is 10.3. The topological polar surface area (TPSA) is 137 Å². The van der Waals surface area contributed by atoms with Crippen molar-refractivity contribution in [3.8, 4) is 0 Å². The van der Waals surface area contributed by atoms with Crippen molar-refractivity contribution >= 4 is 17.4 Å². The van der Waals surface area contributed by atoms with Crippen LogP contribution in [0.4, 0.5) is 11.5 Å². The van der Waals surface area contributed by atoms with Gasteiger partial charge in [0.1, 0.15) is 0 Å². The van der Waals surface area contributed by atoms with Crippen LogP contribution in [0.3, 0.4) is 0 Å². The normalized spacial score (nSPS) is 10.7. The molecule has 3 heterocycles. The van der Waals surface area contributed by atoms with Crippen LogP contribution in [0.1, 0.15) is 23.0 Å². The Hall–Kier alpha value is -3.50. The van der Waals surface area contributed by atoms with Crippen LogP contribution >= 0.6 is 0 Å². The zero-order valence-corrected chi connectivity index (χ0v) is 12.7. The summed E-state index contributed by atoms with van der Waals surface area (Å²) in [5.74, 6) is -0.901. The molecule has 0 fully saturated rings. The van der Waals surface area contributed by atoms with Gasteiger partial charge in [-0.05, 0) is 11.8 Å². The summed E-state index contributed by atoms with van der Waals surface area (Å²) in [6, 6.07) is 1.07. The lowest BCUT2D eigenvalue weighted by Gasteiger charge is -1.98. The highest BCUT2D eigenvalue weighted by Gasteiger charge is 2.17. The van der Waals surface area contributed by atoms with Crippen molar-refractivity contribution in [3.05, 3.63) is 52.2 Å². The minimum atomic E-state index is -0.654. The Morgan fingerprint density at radius 1 is 1.33 bits per heavy atom. The molecular formula is C13H14N8O3. The van der Waals surface area contributed by atoms with Gasteiger partial charge in [-0.25, -0.2) is 0 Å². The number of hydrogen-bond donors (Lipinski definition) is 2. The molecule has 1 amide bonds. The smallest absolute Gasteiger partial charge is 0.343 e. The van der Waals surface area contributed by atoms with Gasteiger partial charge in [0.25, 0.3) is 5.91 Å². The van der Waals surface area contributed by atoms with Gasteiger partial charge in [-0.1, -0.05) is 5.10 Å². The third kappa shape index (κ3) is 3.29. The van der Waals surface area contributed by atoms with Gasteiger partial charge >= 0.3 is 5.82 Å². The van der Waals surface area contributed by atoms with Crippen LogP contribution in [-0.4, -0.2) is 40.6 Å². The van der Waals surface area contributed by atoms with E-state index in [0.29, 0.717) is 12.2 Å². The minimum Gasteiger partial charge on any atom is -0.358 e. The summed E-state index contributed by atoms with van der Waals surface area (Å²) in [4.78, 5) is 21.9. The van der Waals surface area contributed by atoms with E-state index in [1.54, 1.807) is 17.1 Å². The summed E-state index contributed by atoms with van der Waals surface area (Å²) in [6.07, 6.45) is 6.82. The van der Waals surface area contributed by atoms with Gasteiger partial charge in [-0.3, -0.25) is 14.2 Å². The van der Waals surface area contributed by atoms with Crippen molar-refractivity contribution in [3.63, 3.8) is 0 Å². The highest BCUT2D eigenvalue weighted by Crippen LogP contribution is 2.12. The number of aromatic nitrogens is 6. The Morgan fingerprint density at radius 3 is 2.79 bits per heavy atom. The van der Waals surface area contributed by atoms with Crippen LogP contribution in [0, 0.1) is 10.1 Å². The fraction of sp³-hybridized carbons (Fsp3) is 0.231. The van der Waals surface area contributed by atoms with Crippen molar-refractivity contribution in [2.24, 2.45) is 0 Å². The molecule has 0 aromatic carbocycles. The molecule has 0 spiro atoms. The van der Waals surface area contributed by atoms with E-state index >= 15 is 0 Å². The van der Waals surface area contributed by atoms with Gasteiger partial charge in [0.05, 0.1) is 30.7 Å². The number of nitrogens with one attached hydrogen (secondary N) is 2. The largest absolute Gasteiger partial charge is 0.358 e. The molecular weight excluding hydrogens is 316 g/mol. The fourth-order valence-electron chi connectivity index (χ4n) is 2.08. The summed E-state index contributed by atoms with van der Waals surface area (Å²) in [6.45, 7) is 3.30. The van der Waals surface area contributed by atoms with E-state index in [0.717, 1.165) is 18.2 Å². The van der Waals surface area contributed by atoms with E-state index in [1.165, 1.54) is 6.20 Å². The summed E-state index contributed by atoms with van der Waals surface area (Å²) in [5.41, 5.74) is 1.38. The third-order valence-corrected chi connectivity index (χ3v) is 3.24. The number of hydrogen-bond acceptors (Lipinski definition) is 6. The SMILES string of the molecule is CCn1cc(Cn2cc(NC(=O)c3cc([N+](=O)[O-])[nH]n3)cn2)cn1. The van der Waals surface area contributed by atoms with E-state index in [2.05, 4.69) is 25.7 Å². The molecule has 3 rings (SSSR count). The van der Waals surface area contributed by atoms with Gasteiger partial charge in [-0.2, -0.15) is 10.2 Å². The summed E-state index contributed by atoms with van der Waals surface area (Å²) in [5, 5.41) is 27.3. The number of amides is 1. The Balaban J connectivity index is 1.64. The monoisotopic (exact) mass is 330 g/mol. The van der Waals surface area contributed by atoms with E-state index in [9.17, 15) is 14.9 Å². The first-order valence-electron chi connectivity index (χ1n) is 7.10. The van der Waals surface area contributed by atoms with Crippen LogP contribution in [0.5, 0.6) is 0 Å². The lowest BCUT2D eigenvalue weighted by molar-refractivity contribution is -0.389. The van der Waals surface area contributed by atoms with E-state index < -0.39 is 10.8 Å². The Labute approximate surface area is 135 Å². The molecule has 3 aromatic rings. The second-order valence-corrected chi connectivity index (χ2v) is 4.98. The first kappa shape index (κ1) is 15.4. The number of anilines is 1. The van der Waals surface area contributed by atoms with Crippen molar-refractivity contribution in [2.45, 2.75) is 20.0 Å². The number of nitrogens with zero attached hydrogens (tertiary/aromatic N) is 6. The zero-order chi connectivity index (χ0) is 17.1. The van der Waals surface area contributed by atoms with Gasteiger partial charge in [-0.15, -0.1) is 5.10 Å². The highest BCUT2D eigenvalue weighted by atomic mass is 16.6. The molecule has 0 radical (unpaired) electrons. The molecule has 24 heavy (non-hydrogen) atoms. The van der Waals surface area contributed by atoms with Gasteiger partial charge in [0.2, 0.25) is 0 Å².